The number of rotatable bonds is 2. The Kier molecular flexibility index (Phi) is 2.72. The molecule has 0 N–H and O–H groups in total. The SMILES string of the molecule is Fc1ccc(-n2c(CCl)nc3cnccc32)cc1. The van der Waals surface area contributed by atoms with Crippen LogP contribution in [0.1, 0.15) is 5.82 Å². The summed E-state index contributed by atoms with van der Waals surface area (Å²) in [5, 5.41) is 0. The molecular weight excluding hydrogens is 253 g/mol. The van der Waals surface area contributed by atoms with Gasteiger partial charge in [0.2, 0.25) is 0 Å². The zero-order chi connectivity index (χ0) is 12.5. The van der Waals surface area contributed by atoms with Crippen molar-refractivity contribution in [3.63, 3.8) is 0 Å². The van der Waals surface area contributed by atoms with Crippen molar-refractivity contribution in [1.82, 2.24) is 14.5 Å². The fourth-order valence-electron chi connectivity index (χ4n) is 1.95. The van der Waals surface area contributed by atoms with E-state index in [1.54, 1.807) is 24.5 Å². The molecule has 0 saturated carbocycles. The van der Waals surface area contributed by atoms with E-state index in [0.717, 1.165) is 16.7 Å². The first-order valence-corrected chi connectivity index (χ1v) is 5.96. The Morgan fingerprint density at radius 3 is 2.67 bits per heavy atom. The number of nitrogens with zero attached hydrogens (tertiary/aromatic N) is 3. The molecule has 0 aliphatic heterocycles. The molecule has 3 nitrogen and oxygen atoms in total. The second-order valence-corrected chi connectivity index (χ2v) is 4.11. The molecule has 2 aromatic heterocycles. The molecule has 3 aromatic rings. The van der Waals surface area contributed by atoms with Gasteiger partial charge in [-0.15, -0.1) is 11.6 Å². The van der Waals surface area contributed by atoms with Gasteiger partial charge in [0.1, 0.15) is 17.2 Å². The third-order valence-electron chi connectivity index (χ3n) is 2.73. The van der Waals surface area contributed by atoms with Gasteiger partial charge in [0.05, 0.1) is 17.6 Å². The monoisotopic (exact) mass is 261 g/mol. The molecule has 0 unspecified atom stereocenters. The molecule has 90 valence electrons. The first-order chi connectivity index (χ1) is 8.79. The summed E-state index contributed by atoms with van der Waals surface area (Å²) in [6, 6.07) is 8.10. The lowest BCUT2D eigenvalue weighted by molar-refractivity contribution is 0.627. The number of hydrogen-bond donors (Lipinski definition) is 0. The maximum absolute atomic E-state index is 13.0. The average Bonchev–Trinajstić information content (AvgIpc) is 2.78. The lowest BCUT2D eigenvalue weighted by Gasteiger charge is -2.07. The summed E-state index contributed by atoms with van der Waals surface area (Å²) >= 11 is 5.91. The minimum atomic E-state index is -0.266. The van der Waals surface area contributed by atoms with Gasteiger partial charge in [-0.05, 0) is 30.3 Å². The van der Waals surface area contributed by atoms with E-state index in [4.69, 9.17) is 11.6 Å². The van der Waals surface area contributed by atoms with Crippen molar-refractivity contribution in [1.29, 1.82) is 0 Å². The number of halogens is 2. The summed E-state index contributed by atoms with van der Waals surface area (Å²) in [4.78, 5) is 8.44. The van der Waals surface area contributed by atoms with Crippen LogP contribution in [0.2, 0.25) is 0 Å². The number of imidazole rings is 1. The van der Waals surface area contributed by atoms with Crippen LogP contribution in [0.3, 0.4) is 0 Å². The lowest BCUT2D eigenvalue weighted by atomic mass is 10.3. The van der Waals surface area contributed by atoms with E-state index in [1.165, 1.54) is 12.1 Å². The minimum Gasteiger partial charge on any atom is -0.295 e. The van der Waals surface area contributed by atoms with Crippen LogP contribution in [0.25, 0.3) is 16.7 Å². The third kappa shape index (κ3) is 1.75. The fraction of sp³-hybridized carbons (Fsp3) is 0.0769. The van der Waals surface area contributed by atoms with Crippen LogP contribution in [0, 0.1) is 5.82 Å². The average molecular weight is 262 g/mol. The molecule has 5 heteroatoms. The van der Waals surface area contributed by atoms with Crippen molar-refractivity contribution < 1.29 is 4.39 Å². The van der Waals surface area contributed by atoms with Crippen LogP contribution in [0.15, 0.2) is 42.7 Å². The third-order valence-corrected chi connectivity index (χ3v) is 2.97. The molecule has 0 atom stereocenters. The highest BCUT2D eigenvalue weighted by molar-refractivity contribution is 6.17. The van der Waals surface area contributed by atoms with Gasteiger partial charge < -0.3 is 0 Å². The van der Waals surface area contributed by atoms with Crippen molar-refractivity contribution >= 4 is 22.6 Å². The molecule has 0 saturated heterocycles. The normalized spacial score (nSPS) is 11.0. The molecule has 0 fully saturated rings. The van der Waals surface area contributed by atoms with E-state index in [9.17, 15) is 4.39 Å². The topological polar surface area (TPSA) is 30.7 Å². The number of aromatic nitrogens is 3. The Morgan fingerprint density at radius 1 is 1.17 bits per heavy atom. The Balaban J connectivity index is 2.29. The smallest absolute Gasteiger partial charge is 0.129 e. The number of pyridine rings is 1. The molecule has 0 spiro atoms. The van der Waals surface area contributed by atoms with Gasteiger partial charge in [-0.1, -0.05) is 0 Å². The van der Waals surface area contributed by atoms with E-state index < -0.39 is 0 Å². The molecule has 0 aliphatic carbocycles. The van der Waals surface area contributed by atoms with Crippen molar-refractivity contribution in [2.75, 3.05) is 0 Å². The number of fused-ring (bicyclic) bond motifs is 1. The Morgan fingerprint density at radius 2 is 1.94 bits per heavy atom. The highest BCUT2D eigenvalue weighted by atomic mass is 35.5. The van der Waals surface area contributed by atoms with Crippen LogP contribution in [0.5, 0.6) is 0 Å². The van der Waals surface area contributed by atoms with E-state index in [0.29, 0.717) is 5.82 Å². The van der Waals surface area contributed by atoms with Crippen molar-refractivity contribution in [2.45, 2.75) is 5.88 Å². The minimum absolute atomic E-state index is 0.266. The zero-order valence-corrected chi connectivity index (χ0v) is 10.1. The van der Waals surface area contributed by atoms with Crippen molar-refractivity contribution in [3.05, 3.63) is 54.4 Å². The van der Waals surface area contributed by atoms with Crippen LogP contribution in [-0.4, -0.2) is 14.5 Å². The molecule has 18 heavy (non-hydrogen) atoms. The molecule has 3 rings (SSSR count). The molecule has 1 aromatic carbocycles. The van der Waals surface area contributed by atoms with Gasteiger partial charge in [0.25, 0.3) is 0 Å². The van der Waals surface area contributed by atoms with E-state index in [2.05, 4.69) is 9.97 Å². The summed E-state index contributed by atoms with van der Waals surface area (Å²) in [6.45, 7) is 0. The van der Waals surface area contributed by atoms with E-state index >= 15 is 0 Å². The molecule has 2 heterocycles. The van der Waals surface area contributed by atoms with Crippen LogP contribution in [0.4, 0.5) is 4.39 Å². The maximum Gasteiger partial charge on any atom is 0.129 e. The predicted molar refractivity (Wildman–Crippen MR) is 68.4 cm³/mol. The summed E-state index contributed by atoms with van der Waals surface area (Å²) in [7, 11) is 0. The molecular formula is C13H9ClFN3. The van der Waals surface area contributed by atoms with Crippen LogP contribution in [-0.2, 0) is 5.88 Å². The first-order valence-electron chi connectivity index (χ1n) is 5.43. The summed E-state index contributed by atoms with van der Waals surface area (Å²) < 4.78 is 14.9. The van der Waals surface area contributed by atoms with E-state index in [1.807, 2.05) is 10.6 Å². The largest absolute Gasteiger partial charge is 0.295 e. The Labute approximate surface area is 108 Å². The fourth-order valence-corrected chi connectivity index (χ4v) is 2.13. The lowest BCUT2D eigenvalue weighted by Crippen LogP contribution is -1.99. The molecule has 0 aliphatic rings. The molecule has 0 amide bonds. The zero-order valence-electron chi connectivity index (χ0n) is 9.35. The summed E-state index contributed by atoms with van der Waals surface area (Å²) in [6.07, 6.45) is 3.38. The van der Waals surface area contributed by atoms with Gasteiger partial charge >= 0.3 is 0 Å². The van der Waals surface area contributed by atoms with Crippen molar-refractivity contribution in [2.24, 2.45) is 0 Å². The van der Waals surface area contributed by atoms with E-state index in [-0.39, 0.29) is 11.7 Å². The van der Waals surface area contributed by atoms with Crippen LogP contribution < -0.4 is 0 Å². The standard InChI is InChI=1S/C13H9ClFN3/c14-7-13-17-11-8-16-6-5-12(11)18(13)10-3-1-9(15)2-4-10/h1-6,8H,7H2. The van der Waals surface area contributed by atoms with Gasteiger partial charge in [-0.25, -0.2) is 9.37 Å². The molecule has 0 bridgehead atoms. The van der Waals surface area contributed by atoms with Gasteiger partial charge in [-0.2, -0.15) is 0 Å². The number of hydrogen-bond acceptors (Lipinski definition) is 2. The maximum atomic E-state index is 13.0. The Bertz CT molecular complexity index is 691. The first kappa shape index (κ1) is 11.2. The highest BCUT2D eigenvalue weighted by Crippen LogP contribution is 2.21. The second kappa shape index (κ2) is 4.38. The van der Waals surface area contributed by atoms with Crippen LogP contribution >= 0.6 is 11.6 Å². The predicted octanol–water partition coefficient (Wildman–Crippen LogP) is 3.30. The van der Waals surface area contributed by atoms with Gasteiger partial charge in [0, 0.05) is 11.9 Å². The summed E-state index contributed by atoms with van der Waals surface area (Å²) in [5.41, 5.74) is 2.52. The second-order valence-electron chi connectivity index (χ2n) is 3.84. The Hall–Kier alpha value is -1.94. The number of alkyl halides is 1. The highest BCUT2D eigenvalue weighted by Gasteiger charge is 2.11. The van der Waals surface area contributed by atoms with Gasteiger partial charge in [-0.3, -0.25) is 9.55 Å². The molecule has 0 radical (unpaired) electrons. The van der Waals surface area contributed by atoms with Crippen molar-refractivity contribution in [3.8, 4) is 5.69 Å². The number of benzene rings is 1. The summed E-state index contributed by atoms with van der Waals surface area (Å²) in [5.74, 6) is 0.732. The van der Waals surface area contributed by atoms with Gasteiger partial charge in [0.15, 0.2) is 0 Å². The quantitative estimate of drug-likeness (QED) is 0.663.